The molecule has 2 rings (SSSR count). The second kappa shape index (κ2) is 8.96. The van der Waals surface area contributed by atoms with Crippen molar-refractivity contribution in [2.75, 3.05) is 12.4 Å². The lowest BCUT2D eigenvalue weighted by atomic mass is 9.87. The fourth-order valence-electron chi connectivity index (χ4n) is 2.72. The van der Waals surface area contributed by atoms with Gasteiger partial charge >= 0.3 is 5.97 Å². The number of benzene rings is 1. The molecule has 1 aromatic carbocycles. The molecule has 23 heavy (non-hydrogen) atoms. The van der Waals surface area contributed by atoms with Gasteiger partial charge in [0.1, 0.15) is 0 Å². The quantitative estimate of drug-likeness (QED) is 0.640. The van der Waals surface area contributed by atoms with E-state index >= 15 is 0 Å². The second-order valence-electron chi connectivity index (χ2n) is 6.24. The molecule has 5 heteroatoms. The van der Waals surface area contributed by atoms with Gasteiger partial charge in [-0.25, -0.2) is 0 Å². The van der Waals surface area contributed by atoms with Crippen molar-refractivity contribution >= 4 is 23.6 Å². The van der Waals surface area contributed by atoms with E-state index in [1.54, 1.807) is 0 Å². The zero-order valence-corrected chi connectivity index (χ0v) is 14.7. The van der Waals surface area contributed by atoms with Crippen LogP contribution in [0.5, 0.6) is 0 Å². The Kier molecular flexibility index (Phi) is 6.96. The first kappa shape index (κ1) is 17.9. The summed E-state index contributed by atoms with van der Waals surface area (Å²) >= 11 is 1.44. The first-order valence-corrected chi connectivity index (χ1v) is 9.16. The third kappa shape index (κ3) is 6.26. The molecule has 0 aromatic heterocycles. The topological polar surface area (TPSA) is 55.4 Å². The van der Waals surface area contributed by atoms with Crippen molar-refractivity contribution < 1.29 is 14.3 Å². The maximum Gasteiger partial charge on any atom is 0.316 e. The SMILES string of the molecule is Cc1ccccc1SCC(=O)OCC(=O)NC1CCC(C)CC1. The van der Waals surface area contributed by atoms with Gasteiger partial charge in [-0.1, -0.05) is 25.1 Å². The summed E-state index contributed by atoms with van der Waals surface area (Å²) in [7, 11) is 0. The fraction of sp³-hybridized carbons (Fsp3) is 0.556. The van der Waals surface area contributed by atoms with E-state index in [4.69, 9.17) is 4.74 Å². The molecule has 1 saturated carbocycles. The monoisotopic (exact) mass is 335 g/mol. The number of rotatable bonds is 6. The van der Waals surface area contributed by atoms with Gasteiger partial charge in [-0.05, 0) is 50.2 Å². The van der Waals surface area contributed by atoms with E-state index in [0.29, 0.717) is 0 Å². The van der Waals surface area contributed by atoms with E-state index in [-0.39, 0.29) is 30.3 Å². The number of aryl methyl sites for hydroxylation is 1. The van der Waals surface area contributed by atoms with E-state index in [1.807, 2.05) is 31.2 Å². The van der Waals surface area contributed by atoms with Crippen LogP contribution in [0.2, 0.25) is 0 Å². The van der Waals surface area contributed by atoms with Crippen molar-refractivity contribution in [1.29, 1.82) is 0 Å². The van der Waals surface area contributed by atoms with Crippen molar-refractivity contribution in [3.05, 3.63) is 29.8 Å². The Balaban J connectivity index is 1.64. The average molecular weight is 335 g/mol. The third-order valence-electron chi connectivity index (χ3n) is 4.18. The normalized spacial score (nSPS) is 20.8. The zero-order chi connectivity index (χ0) is 16.7. The molecule has 0 unspecified atom stereocenters. The maximum atomic E-state index is 11.8. The highest BCUT2D eigenvalue weighted by molar-refractivity contribution is 8.00. The van der Waals surface area contributed by atoms with Crippen LogP contribution in [0.25, 0.3) is 0 Å². The van der Waals surface area contributed by atoms with Crippen LogP contribution in [-0.4, -0.2) is 30.3 Å². The van der Waals surface area contributed by atoms with Crippen molar-refractivity contribution in [3.63, 3.8) is 0 Å². The molecule has 0 radical (unpaired) electrons. The molecule has 1 aliphatic rings. The Morgan fingerprint density at radius 2 is 1.91 bits per heavy atom. The summed E-state index contributed by atoms with van der Waals surface area (Å²) in [6.45, 7) is 4.07. The van der Waals surface area contributed by atoms with Crippen molar-refractivity contribution in [3.8, 4) is 0 Å². The third-order valence-corrected chi connectivity index (χ3v) is 5.33. The molecule has 1 fully saturated rings. The lowest BCUT2D eigenvalue weighted by Crippen LogP contribution is -2.39. The van der Waals surface area contributed by atoms with E-state index < -0.39 is 0 Å². The van der Waals surface area contributed by atoms with Crippen molar-refractivity contribution in [1.82, 2.24) is 5.32 Å². The molecule has 1 amide bonds. The van der Waals surface area contributed by atoms with Crippen LogP contribution < -0.4 is 5.32 Å². The lowest BCUT2D eigenvalue weighted by Gasteiger charge is -2.26. The summed E-state index contributed by atoms with van der Waals surface area (Å²) in [6.07, 6.45) is 4.34. The Labute approximate surface area is 142 Å². The number of ether oxygens (including phenoxy) is 1. The van der Waals surface area contributed by atoms with E-state index in [1.165, 1.54) is 11.8 Å². The largest absolute Gasteiger partial charge is 0.455 e. The fourth-order valence-corrected chi connectivity index (χ4v) is 3.54. The van der Waals surface area contributed by atoms with Crippen LogP contribution in [0.1, 0.15) is 38.2 Å². The number of nitrogens with one attached hydrogen (secondary N) is 1. The summed E-state index contributed by atoms with van der Waals surface area (Å²) in [5.74, 6) is 0.419. The van der Waals surface area contributed by atoms with Crippen LogP contribution in [-0.2, 0) is 14.3 Å². The van der Waals surface area contributed by atoms with Gasteiger partial charge in [0.2, 0.25) is 0 Å². The highest BCUT2D eigenvalue weighted by Crippen LogP contribution is 2.23. The number of amides is 1. The molecule has 4 nitrogen and oxygen atoms in total. The highest BCUT2D eigenvalue weighted by atomic mass is 32.2. The summed E-state index contributed by atoms with van der Waals surface area (Å²) in [5, 5.41) is 2.95. The highest BCUT2D eigenvalue weighted by Gasteiger charge is 2.20. The minimum absolute atomic E-state index is 0.181. The summed E-state index contributed by atoms with van der Waals surface area (Å²) in [4.78, 5) is 24.6. The predicted octanol–water partition coefficient (Wildman–Crippen LogP) is 3.33. The van der Waals surface area contributed by atoms with Crippen LogP contribution in [0.15, 0.2) is 29.2 Å². The lowest BCUT2D eigenvalue weighted by molar-refractivity contribution is -0.146. The molecule has 0 atom stereocenters. The number of thioether (sulfide) groups is 1. The number of carbonyl (C=O) groups is 2. The Morgan fingerprint density at radius 1 is 1.22 bits per heavy atom. The van der Waals surface area contributed by atoms with Crippen molar-refractivity contribution in [2.24, 2.45) is 5.92 Å². The van der Waals surface area contributed by atoms with Gasteiger partial charge in [0.25, 0.3) is 5.91 Å². The molecule has 0 saturated heterocycles. The van der Waals surface area contributed by atoms with Gasteiger partial charge in [-0.2, -0.15) is 0 Å². The summed E-state index contributed by atoms with van der Waals surface area (Å²) in [6, 6.07) is 8.13. The predicted molar refractivity (Wildman–Crippen MR) is 92.4 cm³/mol. The minimum Gasteiger partial charge on any atom is -0.455 e. The van der Waals surface area contributed by atoms with Crippen LogP contribution >= 0.6 is 11.8 Å². The molecular formula is C18H25NO3S. The standard InChI is InChI=1S/C18H25NO3S/c1-13-7-9-15(10-8-13)19-17(20)11-22-18(21)12-23-16-6-4-3-5-14(16)2/h3-6,13,15H,7-12H2,1-2H3,(H,19,20). The minimum atomic E-state index is -0.356. The summed E-state index contributed by atoms with van der Waals surface area (Å²) < 4.78 is 5.06. The molecule has 1 N–H and O–H groups in total. The molecule has 0 heterocycles. The Morgan fingerprint density at radius 3 is 2.61 bits per heavy atom. The molecular weight excluding hydrogens is 310 g/mol. The van der Waals surface area contributed by atoms with Gasteiger partial charge < -0.3 is 10.1 Å². The molecule has 0 spiro atoms. The Hall–Kier alpha value is -1.49. The smallest absolute Gasteiger partial charge is 0.316 e. The maximum absolute atomic E-state index is 11.8. The number of carbonyl (C=O) groups excluding carboxylic acids is 2. The average Bonchev–Trinajstić information content (AvgIpc) is 2.54. The number of esters is 1. The Bertz CT molecular complexity index is 539. The zero-order valence-electron chi connectivity index (χ0n) is 13.8. The van der Waals surface area contributed by atoms with Crippen molar-refractivity contribution in [2.45, 2.75) is 50.5 Å². The van der Waals surface area contributed by atoms with E-state index in [9.17, 15) is 9.59 Å². The van der Waals surface area contributed by atoms with E-state index in [0.717, 1.165) is 42.1 Å². The van der Waals surface area contributed by atoms with Gasteiger partial charge in [0, 0.05) is 10.9 Å². The molecule has 0 aliphatic heterocycles. The molecule has 1 aromatic rings. The summed E-state index contributed by atoms with van der Waals surface area (Å²) in [5.41, 5.74) is 1.13. The van der Waals surface area contributed by atoms with E-state index in [2.05, 4.69) is 12.2 Å². The molecule has 126 valence electrons. The molecule has 0 bridgehead atoms. The van der Waals surface area contributed by atoms with Gasteiger partial charge in [-0.15, -0.1) is 11.8 Å². The second-order valence-corrected chi connectivity index (χ2v) is 7.26. The van der Waals surface area contributed by atoms with Gasteiger partial charge in [0.15, 0.2) is 6.61 Å². The van der Waals surface area contributed by atoms with Crippen LogP contribution in [0.4, 0.5) is 0 Å². The first-order chi connectivity index (χ1) is 11.0. The van der Waals surface area contributed by atoms with Gasteiger partial charge in [0.05, 0.1) is 5.75 Å². The van der Waals surface area contributed by atoms with Gasteiger partial charge in [-0.3, -0.25) is 9.59 Å². The number of hydrogen-bond acceptors (Lipinski definition) is 4. The molecule has 1 aliphatic carbocycles. The van der Waals surface area contributed by atoms with Crippen LogP contribution in [0.3, 0.4) is 0 Å². The van der Waals surface area contributed by atoms with Crippen LogP contribution in [0, 0.1) is 12.8 Å². The number of hydrogen-bond donors (Lipinski definition) is 1. The first-order valence-electron chi connectivity index (χ1n) is 8.18.